The number of carbonyl (C=O) groups is 2. The summed E-state index contributed by atoms with van der Waals surface area (Å²) in [6, 6.07) is 4.92. The first kappa shape index (κ1) is 15.7. The zero-order valence-corrected chi connectivity index (χ0v) is 13.0. The second-order valence-corrected chi connectivity index (χ2v) is 6.22. The van der Waals surface area contributed by atoms with Crippen LogP contribution in [-0.4, -0.2) is 52.7 Å². The second kappa shape index (κ2) is 6.54. The van der Waals surface area contributed by atoms with Crippen LogP contribution >= 0.6 is 0 Å². The van der Waals surface area contributed by atoms with Crippen molar-refractivity contribution >= 4 is 17.8 Å². The highest BCUT2D eigenvalue weighted by Crippen LogP contribution is 2.30. The van der Waals surface area contributed by atoms with Gasteiger partial charge in [0, 0.05) is 19.1 Å². The van der Waals surface area contributed by atoms with E-state index in [1.54, 1.807) is 17.0 Å². The van der Waals surface area contributed by atoms with Gasteiger partial charge in [0.1, 0.15) is 5.82 Å². The normalized spacial score (nSPS) is 25.0. The second-order valence-electron chi connectivity index (χ2n) is 6.22. The minimum Gasteiger partial charge on any atom is -0.477 e. The molecule has 2 aliphatic rings. The molecule has 1 aliphatic carbocycles. The molecule has 0 spiro atoms. The Morgan fingerprint density at radius 1 is 1.26 bits per heavy atom. The SMILES string of the molecule is NCC1CCC(N2CCN(c3cccc(C(=O)O)n3)C2=O)CC1. The number of amides is 2. The van der Waals surface area contributed by atoms with Gasteiger partial charge in [-0.3, -0.25) is 4.90 Å². The highest BCUT2D eigenvalue weighted by molar-refractivity contribution is 5.94. The quantitative estimate of drug-likeness (QED) is 0.877. The molecular weight excluding hydrogens is 296 g/mol. The molecule has 2 fully saturated rings. The predicted octanol–water partition coefficient (Wildman–Crippen LogP) is 1.54. The van der Waals surface area contributed by atoms with Crippen molar-refractivity contribution in [2.45, 2.75) is 31.7 Å². The molecule has 7 heteroatoms. The van der Waals surface area contributed by atoms with Crippen LogP contribution in [0, 0.1) is 5.92 Å². The van der Waals surface area contributed by atoms with Gasteiger partial charge >= 0.3 is 12.0 Å². The van der Waals surface area contributed by atoms with Gasteiger partial charge in [-0.2, -0.15) is 0 Å². The van der Waals surface area contributed by atoms with E-state index in [9.17, 15) is 9.59 Å². The molecule has 3 rings (SSSR count). The minimum atomic E-state index is -1.09. The minimum absolute atomic E-state index is 0.0443. The Labute approximate surface area is 135 Å². The molecule has 0 unspecified atom stereocenters. The van der Waals surface area contributed by atoms with Gasteiger partial charge < -0.3 is 15.7 Å². The first-order valence-electron chi connectivity index (χ1n) is 8.08. The number of anilines is 1. The fraction of sp³-hybridized carbons (Fsp3) is 0.562. The third kappa shape index (κ3) is 3.14. The largest absolute Gasteiger partial charge is 0.477 e. The van der Waals surface area contributed by atoms with E-state index in [1.807, 2.05) is 4.90 Å². The third-order valence-corrected chi connectivity index (χ3v) is 4.86. The topological polar surface area (TPSA) is 99.8 Å². The predicted molar refractivity (Wildman–Crippen MR) is 85.4 cm³/mol. The molecule has 1 aliphatic heterocycles. The molecule has 0 bridgehead atoms. The monoisotopic (exact) mass is 318 g/mol. The number of carboxylic acids is 1. The van der Waals surface area contributed by atoms with Crippen LogP contribution in [0.1, 0.15) is 36.2 Å². The lowest BCUT2D eigenvalue weighted by Crippen LogP contribution is -2.42. The number of pyridine rings is 1. The molecule has 1 saturated heterocycles. The lowest BCUT2D eigenvalue weighted by Gasteiger charge is -2.33. The first-order chi connectivity index (χ1) is 11.1. The average molecular weight is 318 g/mol. The third-order valence-electron chi connectivity index (χ3n) is 4.86. The molecule has 7 nitrogen and oxygen atoms in total. The molecule has 3 N–H and O–H groups in total. The number of nitrogens with zero attached hydrogens (tertiary/aromatic N) is 3. The first-order valence-corrected chi connectivity index (χ1v) is 8.08. The number of urea groups is 1. The maximum absolute atomic E-state index is 12.7. The Hall–Kier alpha value is -2.15. The molecule has 2 heterocycles. The van der Waals surface area contributed by atoms with Gasteiger partial charge in [-0.15, -0.1) is 0 Å². The van der Waals surface area contributed by atoms with Crippen LogP contribution in [0.5, 0.6) is 0 Å². The summed E-state index contributed by atoms with van der Waals surface area (Å²) in [5.74, 6) is -0.0996. The highest BCUT2D eigenvalue weighted by Gasteiger charge is 2.36. The molecule has 124 valence electrons. The van der Waals surface area contributed by atoms with Crippen molar-refractivity contribution < 1.29 is 14.7 Å². The Kier molecular flexibility index (Phi) is 4.47. The van der Waals surface area contributed by atoms with Crippen LogP contribution in [0.4, 0.5) is 10.6 Å². The molecule has 0 radical (unpaired) electrons. The van der Waals surface area contributed by atoms with Crippen LogP contribution in [0.25, 0.3) is 0 Å². The smallest absolute Gasteiger partial charge is 0.354 e. The van der Waals surface area contributed by atoms with Crippen LogP contribution in [0.2, 0.25) is 0 Å². The number of nitrogens with two attached hydrogens (primary N) is 1. The number of rotatable bonds is 4. The van der Waals surface area contributed by atoms with E-state index in [4.69, 9.17) is 10.8 Å². The van der Waals surface area contributed by atoms with Crippen LogP contribution < -0.4 is 10.6 Å². The summed E-state index contributed by atoms with van der Waals surface area (Å²) >= 11 is 0. The maximum Gasteiger partial charge on any atom is 0.354 e. The number of hydrogen-bond donors (Lipinski definition) is 2. The standard InChI is InChI=1S/C16H22N4O3/c17-10-11-4-6-12(7-5-11)19-8-9-20(16(19)23)14-3-1-2-13(18-14)15(21)22/h1-3,11-12H,4-10,17H2,(H,21,22). The van der Waals surface area contributed by atoms with Crippen molar-refractivity contribution in [1.29, 1.82) is 0 Å². The van der Waals surface area contributed by atoms with Crippen LogP contribution in [0.3, 0.4) is 0 Å². The zero-order chi connectivity index (χ0) is 16.4. The average Bonchev–Trinajstić information content (AvgIpc) is 2.96. The lowest BCUT2D eigenvalue weighted by atomic mass is 9.85. The number of carbonyl (C=O) groups excluding carboxylic acids is 1. The molecule has 0 atom stereocenters. The summed E-state index contributed by atoms with van der Waals surface area (Å²) in [5, 5.41) is 9.04. The summed E-state index contributed by atoms with van der Waals surface area (Å²) in [6.45, 7) is 1.93. The van der Waals surface area contributed by atoms with Crippen molar-refractivity contribution in [2.24, 2.45) is 11.7 Å². The van der Waals surface area contributed by atoms with Crippen LogP contribution in [0.15, 0.2) is 18.2 Å². The van der Waals surface area contributed by atoms with Gasteiger partial charge in [-0.1, -0.05) is 6.07 Å². The van der Waals surface area contributed by atoms with Crippen molar-refractivity contribution in [3.05, 3.63) is 23.9 Å². The van der Waals surface area contributed by atoms with Gasteiger partial charge in [0.25, 0.3) is 0 Å². The molecular formula is C16H22N4O3. The van der Waals surface area contributed by atoms with Gasteiger partial charge in [-0.25, -0.2) is 14.6 Å². The van der Waals surface area contributed by atoms with Crippen LogP contribution in [-0.2, 0) is 0 Å². The van der Waals surface area contributed by atoms with E-state index in [0.717, 1.165) is 32.2 Å². The van der Waals surface area contributed by atoms with E-state index in [1.165, 1.54) is 6.07 Å². The Bertz CT molecular complexity index is 599. The van der Waals surface area contributed by atoms with E-state index >= 15 is 0 Å². The summed E-state index contributed by atoms with van der Waals surface area (Å²) < 4.78 is 0. The van der Waals surface area contributed by atoms with Gasteiger partial charge in [0.2, 0.25) is 0 Å². The molecule has 1 aromatic heterocycles. The fourth-order valence-corrected chi connectivity index (χ4v) is 3.49. The summed E-state index contributed by atoms with van der Waals surface area (Å²) in [4.78, 5) is 31.3. The van der Waals surface area contributed by atoms with E-state index < -0.39 is 5.97 Å². The Morgan fingerprint density at radius 3 is 2.65 bits per heavy atom. The fourth-order valence-electron chi connectivity index (χ4n) is 3.49. The lowest BCUT2D eigenvalue weighted by molar-refractivity contribution is 0.0690. The van der Waals surface area contributed by atoms with Crippen molar-refractivity contribution in [3.63, 3.8) is 0 Å². The van der Waals surface area contributed by atoms with Gasteiger partial charge in [0.05, 0.1) is 0 Å². The zero-order valence-electron chi connectivity index (χ0n) is 13.0. The molecule has 1 aromatic rings. The van der Waals surface area contributed by atoms with Gasteiger partial charge in [0.15, 0.2) is 5.69 Å². The molecule has 2 amide bonds. The number of aromatic nitrogens is 1. The highest BCUT2D eigenvalue weighted by atomic mass is 16.4. The summed E-state index contributed by atoms with van der Waals surface area (Å²) in [5.41, 5.74) is 5.68. The number of hydrogen-bond acceptors (Lipinski definition) is 4. The summed E-state index contributed by atoms with van der Waals surface area (Å²) in [7, 11) is 0. The van der Waals surface area contributed by atoms with Gasteiger partial charge in [-0.05, 0) is 50.3 Å². The Balaban J connectivity index is 1.69. The van der Waals surface area contributed by atoms with E-state index in [-0.39, 0.29) is 17.8 Å². The van der Waals surface area contributed by atoms with E-state index in [0.29, 0.717) is 24.8 Å². The maximum atomic E-state index is 12.7. The van der Waals surface area contributed by atoms with E-state index in [2.05, 4.69) is 4.98 Å². The number of aromatic carboxylic acids is 1. The van der Waals surface area contributed by atoms with Crippen molar-refractivity contribution in [1.82, 2.24) is 9.88 Å². The molecule has 0 aromatic carbocycles. The molecule has 23 heavy (non-hydrogen) atoms. The van der Waals surface area contributed by atoms with Crippen molar-refractivity contribution in [3.8, 4) is 0 Å². The summed E-state index contributed by atoms with van der Waals surface area (Å²) in [6.07, 6.45) is 4.11. The Morgan fingerprint density at radius 2 is 2.00 bits per heavy atom. The van der Waals surface area contributed by atoms with Crippen molar-refractivity contribution in [2.75, 3.05) is 24.5 Å². The molecule has 1 saturated carbocycles. The number of carboxylic acid groups (broad SMARTS) is 1.